The zero-order valence-electron chi connectivity index (χ0n) is 25.3. The number of amides is 2. The number of Topliss-reactive ketones (excluding diaryl/α,β-unsaturated/α-hetero) is 1. The number of halogens is 4. The minimum atomic E-state index is -4.61. The zero-order valence-corrected chi connectivity index (χ0v) is 26.1. The third kappa shape index (κ3) is 13.8. The Morgan fingerprint density at radius 2 is 1.72 bits per heavy atom. The lowest BCUT2D eigenvalue weighted by Gasteiger charge is -2.47. The molecule has 1 heterocycles. The molecule has 0 unspecified atom stereocenters. The average Bonchev–Trinajstić information content (AvgIpc) is 2.91. The van der Waals surface area contributed by atoms with Gasteiger partial charge in [-0.2, -0.15) is 13.2 Å². The molecular weight excluding hydrogens is 597 g/mol. The van der Waals surface area contributed by atoms with Crippen molar-refractivity contribution in [3.63, 3.8) is 0 Å². The summed E-state index contributed by atoms with van der Waals surface area (Å²) in [4.78, 5) is 41.1. The van der Waals surface area contributed by atoms with E-state index in [1.807, 2.05) is 6.92 Å². The Balaban J connectivity index is 0. The maximum absolute atomic E-state index is 13.4. The summed E-state index contributed by atoms with van der Waals surface area (Å²) in [5.74, 6) is 12.7. The smallest absolute Gasteiger partial charge is 0.416 e. The summed E-state index contributed by atoms with van der Waals surface area (Å²) < 4.78 is 50.4. The van der Waals surface area contributed by atoms with E-state index in [1.165, 1.54) is 29.9 Å². The van der Waals surface area contributed by atoms with Gasteiger partial charge in [-0.15, -0.1) is 0 Å². The molecule has 0 saturated carbocycles. The Morgan fingerprint density at radius 1 is 1.16 bits per heavy atom. The second kappa shape index (κ2) is 20.8. The predicted octanol–water partition coefficient (Wildman–Crippen LogP) is 4.06. The molecule has 0 aliphatic carbocycles. The molecule has 0 radical (unpaired) electrons. The fourth-order valence-electron chi connectivity index (χ4n) is 4.58. The third-order valence-corrected chi connectivity index (χ3v) is 6.29. The van der Waals surface area contributed by atoms with E-state index in [-0.39, 0.29) is 53.9 Å². The highest BCUT2D eigenvalue weighted by atomic mass is 35.5. The Kier molecular flexibility index (Phi) is 20.3. The Morgan fingerprint density at radius 3 is 2.19 bits per heavy atom. The number of ketones is 1. The van der Waals surface area contributed by atoms with Gasteiger partial charge in [0.1, 0.15) is 0 Å². The Hall–Kier alpha value is -3.09. The van der Waals surface area contributed by atoms with Crippen LogP contribution in [0.1, 0.15) is 71.4 Å². The van der Waals surface area contributed by atoms with Crippen molar-refractivity contribution in [1.82, 2.24) is 9.80 Å². The van der Waals surface area contributed by atoms with E-state index >= 15 is 0 Å². The number of ether oxygens (including phenoxy) is 2. The van der Waals surface area contributed by atoms with Crippen molar-refractivity contribution < 1.29 is 47.6 Å². The van der Waals surface area contributed by atoms with Crippen LogP contribution in [-0.2, 0) is 27.0 Å². The minimum absolute atomic E-state index is 0. The fourth-order valence-corrected chi connectivity index (χ4v) is 4.83. The van der Waals surface area contributed by atoms with E-state index in [1.54, 1.807) is 20.8 Å². The van der Waals surface area contributed by atoms with Gasteiger partial charge in [0.25, 0.3) is 0 Å². The molecule has 1 aromatic carbocycles. The van der Waals surface area contributed by atoms with E-state index in [0.717, 1.165) is 12.1 Å². The number of hydrazine groups is 1. The molecule has 0 aromatic heterocycles. The van der Waals surface area contributed by atoms with Crippen molar-refractivity contribution in [3.05, 3.63) is 34.3 Å². The second-order valence-electron chi connectivity index (χ2n) is 9.44. The van der Waals surface area contributed by atoms with Gasteiger partial charge in [-0.05, 0) is 76.6 Å². The SMILES string of the molecule is CC#CC(=O)C[C@H]1C[C@@H](N(Cc2cc(Cl)cc(C(F)(F)F)c2)C(=O)OC)C[C@@H](CC)N1C(=O)OC(C)C.CCO.NN.O. The molecule has 1 fully saturated rings. The summed E-state index contributed by atoms with van der Waals surface area (Å²) in [6.07, 6.45) is -5.40. The van der Waals surface area contributed by atoms with Gasteiger partial charge in [0.15, 0.2) is 0 Å². The van der Waals surface area contributed by atoms with E-state index in [2.05, 4.69) is 23.5 Å². The number of piperidine rings is 1. The van der Waals surface area contributed by atoms with Crippen molar-refractivity contribution in [2.24, 2.45) is 11.7 Å². The summed E-state index contributed by atoms with van der Waals surface area (Å²) in [5.41, 5.74) is -0.761. The molecule has 1 aliphatic rings. The summed E-state index contributed by atoms with van der Waals surface area (Å²) in [7, 11) is 1.18. The zero-order chi connectivity index (χ0) is 32.6. The molecule has 7 N–H and O–H groups in total. The van der Waals surface area contributed by atoms with Gasteiger partial charge < -0.3 is 29.9 Å². The summed E-state index contributed by atoms with van der Waals surface area (Å²) in [6, 6.07) is 1.54. The average molecular weight is 641 g/mol. The van der Waals surface area contributed by atoms with Crippen LogP contribution in [0.3, 0.4) is 0 Å². The summed E-state index contributed by atoms with van der Waals surface area (Å²) in [6.45, 7) is 8.55. The van der Waals surface area contributed by atoms with Gasteiger partial charge in [-0.3, -0.25) is 16.5 Å². The highest BCUT2D eigenvalue weighted by molar-refractivity contribution is 6.30. The number of benzene rings is 1. The summed E-state index contributed by atoms with van der Waals surface area (Å²) in [5, 5.41) is 7.45. The van der Waals surface area contributed by atoms with Crippen LogP contribution < -0.4 is 11.7 Å². The molecule has 1 aromatic rings. The van der Waals surface area contributed by atoms with E-state index < -0.39 is 42.1 Å². The van der Waals surface area contributed by atoms with E-state index in [4.69, 9.17) is 26.2 Å². The van der Waals surface area contributed by atoms with Gasteiger partial charge in [-0.25, -0.2) is 9.59 Å². The fraction of sp³-hybridized carbons (Fsp3) is 0.607. The minimum Gasteiger partial charge on any atom is -0.453 e. The lowest BCUT2D eigenvalue weighted by molar-refractivity contribution is -0.137. The van der Waals surface area contributed by atoms with E-state index in [0.29, 0.717) is 12.8 Å². The molecule has 1 aliphatic heterocycles. The maximum Gasteiger partial charge on any atom is 0.416 e. The Labute approximate surface area is 255 Å². The van der Waals surface area contributed by atoms with E-state index in [9.17, 15) is 27.6 Å². The van der Waals surface area contributed by atoms with Crippen LogP contribution in [0, 0.1) is 11.8 Å². The molecular formula is C28H44ClF3N4O7. The topological polar surface area (TPSA) is 180 Å². The van der Waals surface area contributed by atoms with Crippen molar-refractivity contribution in [2.75, 3.05) is 13.7 Å². The van der Waals surface area contributed by atoms with Crippen LogP contribution in [0.15, 0.2) is 18.2 Å². The molecule has 2 rings (SSSR count). The van der Waals surface area contributed by atoms with Gasteiger partial charge in [0.2, 0.25) is 5.78 Å². The van der Waals surface area contributed by atoms with Gasteiger partial charge in [0, 0.05) is 42.7 Å². The number of hydrogen-bond donors (Lipinski definition) is 3. The summed E-state index contributed by atoms with van der Waals surface area (Å²) >= 11 is 5.95. The standard InChI is InChI=1S/C26H32ClF3N2O5.C2H6O.H4N2.H2O/c1-6-8-23(33)14-22-13-21(12-20(7-2)32(22)25(35)37-16(3)4)31(24(34)36-5)15-17-9-18(26(28,29)30)11-19(27)10-17;1-2-3;1-2;/h9-11,16,20-22H,7,12-15H2,1-5H3;3H,2H2,1H3;1-2H2;1H2/t20-,21+,22-;;;/m1.../s1. The van der Waals surface area contributed by atoms with Crippen molar-refractivity contribution >= 4 is 29.6 Å². The lowest BCUT2D eigenvalue weighted by Crippen LogP contribution is -2.58. The first kappa shape index (κ1) is 42.0. The number of carbonyl (C=O) groups excluding carboxylic acids is 3. The molecule has 11 nitrogen and oxygen atoms in total. The monoisotopic (exact) mass is 640 g/mol. The van der Waals surface area contributed by atoms with Crippen molar-refractivity contribution in [1.29, 1.82) is 0 Å². The van der Waals surface area contributed by atoms with Crippen LogP contribution in [0.4, 0.5) is 22.8 Å². The number of carbonyl (C=O) groups is 3. The van der Waals surface area contributed by atoms with Crippen LogP contribution in [0.25, 0.3) is 0 Å². The second-order valence-corrected chi connectivity index (χ2v) is 9.88. The van der Waals surface area contributed by atoms with Crippen molar-refractivity contribution in [3.8, 4) is 11.8 Å². The predicted molar refractivity (Wildman–Crippen MR) is 157 cm³/mol. The van der Waals surface area contributed by atoms with Crippen LogP contribution >= 0.6 is 11.6 Å². The first-order chi connectivity index (χ1) is 19.7. The Bertz CT molecular complexity index is 1080. The van der Waals surface area contributed by atoms with Crippen LogP contribution in [-0.4, -0.2) is 76.3 Å². The van der Waals surface area contributed by atoms with Gasteiger partial charge in [-0.1, -0.05) is 24.4 Å². The number of nitrogens with two attached hydrogens (primary N) is 2. The molecule has 3 atom stereocenters. The number of likely N-dealkylation sites (tertiary alicyclic amines) is 1. The van der Waals surface area contributed by atoms with Gasteiger partial charge >= 0.3 is 18.4 Å². The highest BCUT2D eigenvalue weighted by Crippen LogP contribution is 2.35. The highest BCUT2D eigenvalue weighted by Gasteiger charge is 2.43. The maximum atomic E-state index is 13.4. The van der Waals surface area contributed by atoms with Crippen LogP contribution in [0.2, 0.25) is 5.02 Å². The lowest BCUT2D eigenvalue weighted by atomic mass is 9.86. The molecule has 2 amide bonds. The van der Waals surface area contributed by atoms with Crippen molar-refractivity contribution in [2.45, 2.75) is 97.3 Å². The number of nitrogens with zero attached hydrogens (tertiary/aromatic N) is 2. The molecule has 246 valence electrons. The first-order valence-electron chi connectivity index (χ1n) is 13.3. The molecule has 0 spiro atoms. The first-order valence-corrected chi connectivity index (χ1v) is 13.7. The molecule has 0 bridgehead atoms. The van der Waals surface area contributed by atoms with Crippen LogP contribution in [0.5, 0.6) is 0 Å². The number of hydrogen-bond acceptors (Lipinski definition) is 8. The van der Waals surface area contributed by atoms with Gasteiger partial charge in [0.05, 0.1) is 18.8 Å². The number of rotatable bonds is 7. The molecule has 1 saturated heterocycles. The number of aliphatic hydroxyl groups excluding tert-OH is 1. The molecule has 43 heavy (non-hydrogen) atoms. The third-order valence-electron chi connectivity index (χ3n) is 6.07. The number of methoxy groups -OCH3 is 1. The number of alkyl halides is 3. The number of aliphatic hydroxyl groups is 1. The quantitative estimate of drug-likeness (QED) is 0.173. The normalized spacial score (nSPS) is 17.4. The molecule has 15 heteroatoms. The largest absolute Gasteiger partial charge is 0.453 e.